The first-order valence-electron chi connectivity index (χ1n) is 4.40. The Hall–Kier alpha value is -2.52. The van der Waals surface area contributed by atoms with Gasteiger partial charge in [0.2, 0.25) is 0 Å². The molecule has 0 aliphatic carbocycles. The quantitative estimate of drug-likeness (QED) is 0.647. The molecule has 0 fully saturated rings. The molecule has 0 saturated heterocycles. The second-order valence-corrected chi connectivity index (χ2v) is 2.85. The van der Waals surface area contributed by atoms with Crippen LogP contribution < -0.4 is 0 Å². The molecule has 0 aliphatic rings. The van der Waals surface area contributed by atoms with Crippen LogP contribution in [0.15, 0.2) is 36.7 Å². The minimum atomic E-state index is 0.332. The van der Waals surface area contributed by atoms with Gasteiger partial charge in [-0.2, -0.15) is 5.26 Å². The zero-order valence-electron chi connectivity index (χ0n) is 7.86. The molecular formula is C12H7N3. The molecule has 0 amide bonds. The lowest BCUT2D eigenvalue weighted by Crippen LogP contribution is -1.80. The van der Waals surface area contributed by atoms with E-state index in [-0.39, 0.29) is 0 Å². The van der Waals surface area contributed by atoms with E-state index in [2.05, 4.69) is 21.8 Å². The lowest BCUT2D eigenvalue weighted by molar-refractivity contribution is 1.29. The molecule has 3 heteroatoms. The summed E-state index contributed by atoms with van der Waals surface area (Å²) in [6.07, 6.45) is 1.47. The van der Waals surface area contributed by atoms with Gasteiger partial charge >= 0.3 is 0 Å². The Morgan fingerprint density at radius 3 is 2.67 bits per heavy atom. The van der Waals surface area contributed by atoms with Crippen molar-refractivity contribution in [2.24, 2.45) is 0 Å². The molecule has 0 aliphatic heterocycles. The van der Waals surface area contributed by atoms with Gasteiger partial charge in [0.05, 0.1) is 6.33 Å². The summed E-state index contributed by atoms with van der Waals surface area (Å²) in [6, 6.07) is 11.6. The molecule has 0 bridgehead atoms. The van der Waals surface area contributed by atoms with Gasteiger partial charge in [0.25, 0.3) is 0 Å². The largest absolute Gasteiger partial charge is 0.337 e. The van der Waals surface area contributed by atoms with Crippen molar-refractivity contribution in [1.82, 2.24) is 9.97 Å². The summed E-state index contributed by atoms with van der Waals surface area (Å²) in [7, 11) is 0. The van der Waals surface area contributed by atoms with Crippen LogP contribution in [-0.2, 0) is 0 Å². The lowest BCUT2D eigenvalue weighted by atomic mass is 10.2. The van der Waals surface area contributed by atoms with Crippen molar-refractivity contribution in [3.05, 3.63) is 53.6 Å². The third-order valence-corrected chi connectivity index (χ3v) is 1.85. The fraction of sp³-hybridized carbons (Fsp3) is 0. The minimum Gasteiger partial charge on any atom is -0.337 e. The SMILES string of the molecule is N#Cc1nc[nH]c1C#Cc1ccccc1. The molecule has 1 aromatic heterocycles. The van der Waals surface area contributed by atoms with E-state index in [0.717, 1.165) is 5.56 Å². The number of hydrogen-bond donors (Lipinski definition) is 1. The first-order valence-corrected chi connectivity index (χ1v) is 4.40. The molecule has 0 saturated carbocycles. The van der Waals surface area contributed by atoms with Gasteiger partial charge in [-0.25, -0.2) is 4.98 Å². The Balaban J connectivity index is 2.31. The maximum Gasteiger partial charge on any atom is 0.174 e. The normalized spacial score (nSPS) is 8.73. The highest BCUT2D eigenvalue weighted by Gasteiger charge is 1.99. The number of hydrogen-bond acceptors (Lipinski definition) is 2. The van der Waals surface area contributed by atoms with Gasteiger partial charge in [-0.3, -0.25) is 0 Å². The third-order valence-electron chi connectivity index (χ3n) is 1.85. The Labute approximate surface area is 87.4 Å². The van der Waals surface area contributed by atoms with Crippen LogP contribution in [0.1, 0.15) is 17.0 Å². The van der Waals surface area contributed by atoms with Crippen LogP contribution in [0.4, 0.5) is 0 Å². The maximum absolute atomic E-state index is 8.70. The van der Waals surface area contributed by atoms with E-state index in [9.17, 15) is 0 Å². The van der Waals surface area contributed by atoms with Crippen LogP contribution in [0, 0.1) is 23.2 Å². The van der Waals surface area contributed by atoms with Gasteiger partial charge in [-0.05, 0) is 18.1 Å². The first-order chi connectivity index (χ1) is 7.40. The summed E-state index contributed by atoms with van der Waals surface area (Å²) in [6.45, 7) is 0. The third kappa shape index (κ3) is 2.04. The summed E-state index contributed by atoms with van der Waals surface area (Å²) in [5.74, 6) is 5.82. The predicted octanol–water partition coefficient (Wildman–Crippen LogP) is 1.68. The number of imidazole rings is 1. The van der Waals surface area contributed by atoms with Crippen molar-refractivity contribution in [3.8, 4) is 17.9 Å². The van der Waals surface area contributed by atoms with E-state index in [1.165, 1.54) is 6.33 Å². The van der Waals surface area contributed by atoms with E-state index in [0.29, 0.717) is 11.4 Å². The van der Waals surface area contributed by atoms with E-state index in [1.807, 2.05) is 36.4 Å². The van der Waals surface area contributed by atoms with Gasteiger partial charge in [0, 0.05) is 5.56 Å². The molecule has 1 heterocycles. The van der Waals surface area contributed by atoms with Crippen molar-refractivity contribution in [3.63, 3.8) is 0 Å². The van der Waals surface area contributed by atoms with Crippen molar-refractivity contribution >= 4 is 0 Å². The highest BCUT2D eigenvalue weighted by molar-refractivity contribution is 5.44. The summed E-state index contributed by atoms with van der Waals surface area (Å²) in [5, 5.41) is 8.70. The predicted molar refractivity (Wildman–Crippen MR) is 55.7 cm³/mol. The van der Waals surface area contributed by atoms with Crippen molar-refractivity contribution in [2.75, 3.05) is 0 Å². The van der Waals surface area contributed by atoms with E-state index in [1.54, 1.807) is 0 Å². The van der Waals surface area contributed by atoms with Crippen LogP contribution in [-0.4, -0.2) is 9.97 Å². The number of nitriles is 1. The number of aromatic nitrogens is 2. The molecule has 15 heavy (non-hydrogen) atoms. The summed E-state index contributed by atoms with van der Waals surface area (Å²) >= 11 is 0. The topological polar surface area (TPSA) is 52.5 Å². The number of rotatable bonds is 0. The molecule has 0 spiro atoms. The fourth-order valence-electron chi connectivity index (χ4n) is 1.13. The van der Waals surface area contributed by atoms with Crippen LogP contribution in [0.2, 0.25) is 0 Å². The zero-order chi connectivity index (χ0) is 10.5. The van der Waals surface area contributed by atoms with E-state index < -0.39 is 0 Å². The smallest absolute Gasteiger partial charge is 0.174 e. The molecule has 1 aromatic carbocycles. The maximum atomic E-state index is 8.70. The van der Waals surface area contributed by atoms with Crippen molar-refractivity contribution in [1.29, 1.82) is 5.26 Å². The number of nitrogens with one attached hydrogen (secondary N) is 1. The number of benzene rings is 1. The standard InChI is InChI=1S/C12H7N3/c13-8-12-11(14-9-15-12)7-6-10-4-2-1-3-5-10/h1-5,9H,(H,14,15). The Kier molecular flexibility index (Phi) is 2.49. The number of H-pyrrole nitrogens is 1. The molecule has 3 nitrogen and oxygen atoms in total. The molecular weight excluding hydrogens is 186 g/mol. The molecule has 0 unspecified atom stereocenters. The second-order valence-electron chi connectivity index (χ2n) is 2.85. The monoisotopic (exact) mass is 193 g/mol. The second kappa shape index (κ2) is 4.13. The Morgan fingerprint density at radius 2 is 1.93 bits per heavy atom. The van der Waals surface area contributed by atoms with E-state index >= 15 is 0 Å². The van der Waals surface area contributed by atoms with Gasteiger partial charge < -0.3 is 4.98 Å². The van der Waals surface area contributed by atoms with Crippen LogP contribution in [0.25, 0.3) is 0 Å². The van der Waals surface area contributed by atoms with Gasteiger partial charge in [-0.1, -0.05) is 24.1 Å². The molecule has 2 aromatic rings. The Bertz CT molecular complexity index is 550. The van der Waals surface area contributed by atoms with Crippen LogP contribution in [0.3, 0.4) is 0 Å². The summed E-state index contributed by atoms with van der Waals surface area (Å²) in [5.41, 5.74) is 1.80. The van der Waals surface area contributed by atoms with Crippen LogP contribution >= 0.6 is 0 Å². The highest BCUT2D eigenvalue weighted by Crippen LogP contribution is 2.00. The van der Waals surface area contributed by atoms with Gasteiger partial charge in [0.15, 0.2) is 5.69 Å². The van der Waals surface area contributed by atoms with Crippen LogP contribution in [0.5, 0.6) is 0 Å². The van der Waals surface area contributed by atoms with Gasteiger partial charge in [0.1, 0.15) is 11.8 Å². The average Bonchev–Trinajstić information content (AvgIpc) is 2.75. The molecule has 0 atom stereocenters. The average molecular weight is 193 g/mol. The summed E-state index contributed by atoms with van der Waals surface area (Å²) < 4.78 is 0. The van der Waals surface area contributed by atoms with Gasteiger partial charge in [-0.15, -0.1) is 0 Å². The minimum absolute atomic E-state index is 0.332. The highest BCUT2D eigenvalue weighted by atomic mass is 14.9. The number of aromatic amines is 1. The molecule has 70 valence electrons. The molecule has 1 N–H and O–H groups in total. The summed E-state index contributed by atoms with van der Waals surface area (Å²) in [4.78, 5) is 6.65. The van der Waals surface area contributed by atoms with Crippen molar-refractivity contribution < 1.29 is 0 Å². The van der Waals surface area contributed by atoms with Crippen molar-refractivity contribution in [2.45, 2.75) is 0 Å². The fourth-order valence-corrected chi connectivity index (χ4v) is 1.13. The first kappa shape index (κ1) is 9.05. The van der Waals surface area contributed by atoms with E-state index in [4.69, 9.17) is 5.26 Å². The number of nitrogens with zero attached hydrogens (tertiary/aromatic N) is 2. The Morgan fingerprint density at radius 1 is 1.13 bits per heavy atom. The zero-order valence-corrected chi connectivity index (χ0v) is 7.86. The molecule has 0 radical (unpaired) electrons. The lowest BCUT2D eigenvalue weighted by Gasteiger charge is -1.86. The molecule has 2 rings (SSSR count).